The van der Waals surface area contributed by atoms with Gasteiger partial charge in [0.25, 0.3) is 0 Å². The average molecular weight is 574 g/mol. The molecule has 1 N–H and O–H groups in total. The van der Waals surface area contributed by atoms with Crippen LogP contribution >= 0.6 is 7.60 Å². The lowest BCUT2D eigenvalue weighted by atomic mass is 9.87. The minimum atomic E-state index is -3.75. The van der Waals surface area contributed by atoms with Gasteiger partial charge >= 0.3 is 19.5 Å². The number of amides is 1. The Bertz CT molecular complexity index is 1190. The van der Waals surface area contributed by atoms with Crippen molar-refractivity contribution in [3.8, 4) is 0 Å². The van der Waals surface area contributed by atoms with Crippen molar-refractivity contribution < 1.29 is 37.5 Å². The van der Waals surface area contributed by atoms with E-state index in [1.165, 1.54) is 11.1 Å². The molecule has 40 heavy (non-hydrogen) atoms. The zero-order valence-corrected chi connectivity index (χ0v) is 24.5. The summed E-state index contributed by atoms with van der Waals surface area (Å²) in [6, 6.07) is 9.65. The van der Waals surface area contributed by atoms with Crippen LogP contribution in [0.5, 0.6) is 0 Å². The van der Waals surface area contributed by atoms with Crippen molar-refractivity contribution in [3.05, 3.63) is 59.2 Å². The summed E-state index contributed by atoms with van der Waals surface area (Å²) in [7, 11) is -3.75. The molecule has 1 heterocycles. The van der Waals surface area contributed by atoms with Gasteiger partial charge in [0.1, 0.15) is 6.10 Å². The van der Waals surface area contributed by atoms with Crippen LogP contribution < -0.4 is 5.32 Å². The maximum atomic E-state index is 13.4. The Morgan fingerprint density at radius 3 is 2.70 bits per heavy atom. The largest absolute Gasteiger partial charge is 0.465 e. The van der Waals surface area contributed by atoms with Gasteiger partial charge in [0.05, 0.1) is 31.7 Å². The molecule has 1 saturated heterocycles. The summed E-state index contributed by atoms with van der Waals surface area (Å²) in [6.45, 7) is 5.45. The normalized spacial score (nSPS) is 26.1. The highest BCUT2D eigenvalue weighted by Gasteiger charge is 2.48. The highest BCUT2D eigenvalue weighted by atomic mass is 31.2. The SMILES string of the molecule is C[C@H](CP1(=O)OCC(C)(C)[C@H](C(=O)NCCC(=O)OC2CC3=C(CCC=C3)C2)O1)C(=O)OCCc1ccccc1. The van der Waals surface area contributed by atoms with Crippen LogP contribution in [-0.4, -0.2) is 56.0 Å². The van der Waals surface area contributed by atoms with E-state index in [9.17, 15) is 18.9 Å². The molecule has 1 aromatic rings. The molecule has 1 fully saturated rings. The molecule has 3 aliphatic rings. The lowest BCUT2D eigenvalue weighted by Gasteiger charge is -2.40. The summed E-state index contributed by atoms with van der Waals surface area (Å²) in [6.07, 6.45) is 7.02. The molecule has 1 aromatic carbocycles. The van der Waals surface area contributed by atoms with Crippen molar-refractivity contribution in [1.82, 2.24) is 5.32 Å². The number of rotatable bonds is 11. The maximum absolute atomic E-state index is 13.4. The molecular formula is C30H40NO8P. The summed E-state index contributed by atoms with van der Waals surface area (Å²) in [5, 5.41) is 2.72. The smallest absolute Gasteiger partial charge is 0.332 e. The Morgan fingerprint density at radius 2 is 1.95 bits per heavy atom. The van der Waals surface area contributed by atoms with Crippen molar-refractivity contribution in [2.75, 3.05) is 25.9 Å². The number of carbonyl (C=O) groups excluding carboxylic acids is 3. The van der Waals surface area contributed by atoms with E-state index in [1.54, 1.807) is 20.8 Å². The predicted molar refractivity (Wildman–Crippen MR) is 149 cm³/mol. The summed E-state index contributed by atoms with van der Waals surface area (Å²) < 4.78 is 35.7. The molecule has 218 valence electrons. The molecule has 2 aliphatic carbocycles. The number of ether oxygens (including phenoxy) is 2. The topological polar surface area (TPSA) is 117 Å². The van der Waals surface area contributed by atoms with Crippen LogP contribution in [-0.2, 0) is 43.9 Å². The van der Waals surface area contributed by atoms with E-state index in [4.69, 9.17) is 18.5 Å². The Hall–Kier alpha value is -2.74. The van der Waals surface area contributed by atoms with Gasteiger partial charge in [-0.15, -0.1) is 0 Å². The molecular weight excluding hydrogens is 533 g/mol. The molecule has 2 unspecified atom stereocenters. The van der Waals surface area contributed by atoms with Crippen LogP contribution in [0.15, 0.2) is 53.6 Å². The van der Waals surface area contributed by atoms with Gasteiger partial charge in [0.2, 0.25) is 5.91 Å². The van der Waals surface area contributed by atoms with Crippen LogP contribution in [0.25, 0.3) is 0 Å². The fraction of sp³-hybridized carbons (Fsp3) is 0.567. The first-order valence-electron chi connectivity index (χ1n) is 14.0. The van der Waals surface area contributed by atoms with Gasteiger partial charge in [-0.25, -0.2) is 0 Å². The Morgan fingerprint density at radius 1 is 1.18 bits per heavy atom. The molecule has 0 aromatic heterocycles. The number of hydrogen-bond donors (Lipinski definition) is 1. The third-order valence-corrected chi connectivity index (χ3v) is 9.51. The third kappa shape index (κ3) is 8.15. The predicted octanol–water partition coefficient (Wildman–Crippen LogP) is 4.90. The van der Waals surface area contributed by atoms with Crippen LogP contribution in [0.1, 0.15) is 58.4 Å². The van der Waals surface area contributed by atoms with Gasteiger partial charge in [-0.1, -0.05) is 68.8 Å². The Kier molecular flexibility index (Phi) is 10.0. The summed E-state index contributed by atoms with van der Waals surface area (Å²) in [4.78, 5) is 37.9. The number of esters is 2. The van der Waals surface area contributed by atoms with Crippen LogP contribution in [0, 0.1) is 11.3 Å². The van der Waals surface area contributed by atoms with Gasteiger partial charge < -0.3 is 19.3 Å². The van der Waals surface area contributed by atoms with Crippen molar-refractivity contribution in [2.45, 2.75) is 71.5 Å². The number of hydrogen-bond acceptors (Lipinski definition) is 8. The fourth-order valence-corrected chi connectivity index (χ4v) is 7.45. The minimum Gasteiger partial charge on any atom is -0.465 e. The molecule has 9 nitrogen and oxygen atoms in total. The summed E-state index contributed by atoms with van der Waals surface area (Å²) in [5.74, 6) is -2.10. The van der Waals surface area contributed by atoms with E-state index in [0.717, 1.165) is 31.2 Å². The first-order chi connectivity index (χ1) is 19.0. The van der Waals surface area contributed by atoms with E-state index in [0.29, 0.717) is 6.42 Å². The van der Waals surface area contributed by atoms with Gasteiger partial charge in [0.15, 0.2) is 6.10 Å². The zero-order chi connectivity index (χ0) is 28.8. The Balaban J connectivity index is 1.21. The van der Waals surface area contributed by atoms with E-state index in [-0.39, 0.29) is 44.4 Å². The average Bonchev–Trinajstić information content (AvgIpc) is 3.33. The maximum Gasteiger partial charge on any atom is 0.332 e. The van der Waals surface area contributed by atoms with Crippen LogP contribution in [0.2, 0.25) is 0 Å². The lowest BCUT2D eigenvalue weighted by Crippen LogP contribution is -2.50. The lowest BCUT2D eigenvalue weighted by molar-refractivity contribution is -0.149. The zero-order valence-electron chi connectivity index (χ0n) is 23.6. The molecule has 4 atom stereocenters. The molecule has 10 heteroatoms. The van der Waals surface area contributed by atoms with E-state index < -0.39 is 36.9 Å². The van der Waals surface area contributed by atoms with Crippen molar-refractivity contribution >= 4 is 25.4 Å². The molecule has 1 aliphatic heterocycles. The molecule has 1 amide bonds. The van der Waals surface area contributed by atoms with E-state index in [2.05, 4.69) is 17.5 Å². The molecule has 0 bridgehead atoms. The first-order valence-corrected chi connectivity index (χ1v) is 15.7. The minimum absolute atomic E-state index is 0.0218. The second-order valence-corrected chi connectivity index (χ2v) is 13.5. The summed E-state index contributed by atoms with van der Waals surface area (Å²) in [5.41, 5.74) is 2.92. The second-order valence-electron chi connectivity index (χ2n) is 11.5. The standard InChI is InChI=1S/C30H40NO8P/c1-21(29(34)36-16-14-22-9-5-4-6-10-22)19-40(35)37-20-30(2,3)27(39-40)28(33)31-15-13-26(32)38-25-17-23-11-7-8-12-24(23)18-25/h4-7,9-11,21,25,27H,8,12-20H2,1-3H3,(H,31,33)/t21-,25?,27+,40?/m1/s1. The van der Waals surface area contributed by atoms with Crippen molar-refractivity contribution in [2.24, 2.45) is 11.3 Å². The monoisotopic (exact) mass is 573 g/mol. The van der Waals surface area contributed by atoms with Gasteiger partial charge in [-0.2, -0.15) is 0 Å². The number of nitrogens with one attached hydrogen (secondary N) is 1. The van der Waals surface area contributed by atoms with Crippen molar-refractivity contribution in [3.63, 3.8) is 0 Å². The number of benzene rings is 1. The highest BCUT2D eigenvalue weighted by molar-refractivity contribution is 7.54. The van der Waals surface area contributed by atoms with E-state index >= 15 is 0 Å². The Labute approximate surface area is 236 Å². The number of carbonyl (C=O) groups is 3. The molecule has 0 radical (unpaired) electrons. The van der Waals surface area contributed by atoms with Crippen LogP contribution in [0.3, 0.4) is 0 Å². The summed E-state index contributed by atoms with van der Waals surface area (Å²) >= 11 is 0. The van der Waals surface area contributed by atoms with Crippen LogP contribution in [0.4, 0.5) is 0 Å². The first kappa shape index (κ1) is 30.2. The van der Waals surface area contributed by atoms with Crippen molar-refractivity contribution in [1.29, 1.82) is 0 Å². The number of allylic oxidation sites excluding steroid dienone is 2. The quantitative estimate of drug-likeness (QED) is 0.294. The van der Waals surface area contributed by atoms with Gasteiger partial charge in [0, 0.05) is 31.2 Å². The van der Waals surface area contributed by atoms with Gasteiger partial charge in [-0.3, -0.25) is 23.5 Å². The molecule has 0 saturated carbocycles. The van der Waals surface area contributed by atoms with Gasteiger partial charge in [-0.05, 0) is 24.0 Å². The molecule has 0 spiro atoms. The second kappa shape index (κ2) is 13.3. The third-order valence-electron chi connectivity index (χ3n) is 7.46. The molecule has 4 rings (SSSR count). The highest BCUT2D eigenvalue weighted by Crippen LogP contribution is 2.57. The van der Waals surface area contributed by atoms with E-state index in [1.807, 2.05) is 30.3 Å². The fourth-order valence-electron chi connectivity index (χ4n) is 5.15.